The molecule has 0 atom stereocenters. The first-order valence-corrected chi connectivity index (χ1v) is 9.68. The van der Waals surface area contributed by atoms with E-state index in [4.69, 9.17) is 0 Å². The van der Waals surface area contributed by atoms with Gasteiger partial charge in [0.15, 0.2) is 0 Å². The Bertz CT molecular complexity index is 1090. The van der Waals surface area contributed by atoms with Gasteiger partial charge in [-0.05, 0) is 25.0 Å². The summed E-state index contributed by atoms with van der Waals surface area (Å²) in [6.45, 7) is 6.58. The van der Waals surface area contributed by atoms with E-state index in [0.29, 0.717) is 25.1 Å². The fourth-order valence-electron chi connectivity index (χ4n) is 3.71. The molecule has 0 fully saturated rings. The number of fused-ring (bicyclic) bond motifs is 1. The lowest BCUT2D eigenvalue weighted by Crippen LogP contribution is -2.43. The van der Waals surface area contributed by atoms with Crippen molar-refractivity contribution in [2.24, 2.45) is 0 Å². The quantitative estimate of drug-likeness (QED) is 0.763. The number of H-pyrrole nitrogens is 1. The van der Waals surface area contributed by atoms with Crippen molar-refractivity contribution in [3.63, 3.8) is 0 Å². The molecule has 1 aliphatic rings. The highest BCUT2D eigenvalue weighted by atomic mass is 16.2. The Morgan fingerprint density at radius 3 is 2.04 bits per heavy atom. The number of hydrogen-bond acceptors (Lipinski definition) is 3. The molecule has 5 nitrogen and oxygen atoms in total. The summed E-state index contributed by atoms with van der Waals surface area (Å²) < 4.78 is 1.32. The molecule has 2 heterocycles. The van der Waals surface area contributed by atoms with Crippen LogP contribution in [-0.2, 0) is 26.1 Å². The number of aromatic nitrogens is 2. The molecule has 0 aliphatic carbocycles. The van der Waals surface area contributed by atoms with Gasteiger partial charge in [0.2, 0.25) is 0 Å². The van der Waals surface area contributed by atoms with Gasteiger partial charge in [0, 0.05) is 31.7 Å². The van der Waals surface area contributed by atoms with Crippen molar-refractivity contribution in [1.82, 2.24) is 14.5 Å². The number of benzene rings is 2. The lowest BCUT2D eigenvalue weighted by atomic mass is 10.1. The minimum Gasteiger partial charge on any atom is -0.311 e. The highest BCUT2D eigenvalue weighted by Gasteiger charge is 2.22. The molecule has 28 heavy (non-hydrogen) atoms. The van der Waals surface area contributed by atoms with Gasteiger partial charge in [0.25, 0.3) is 5.56 Å². The van der Waals surface area contributed by atoms with Crippen LogP contribution in [0.2, 0.25) is 0 Å². The minimum atomic E-state index is -0.323. The van der Waals surface area contributed by atoms with Crippen LogP contribution in [0, 0.1) is 13.8 Å². The summed E-state index contributed by atoms with van der Waals surface area (Å²) in [5.74, 6) is 0. The summed E-state index contributed by atoms with van der Waals surface area (Å²) in [5.41, 5.74) is 5.58. The van der Waals surface area contributed by atoms with E-state index in [-0.39, 0.29) is 11.2 Å². The number of aromatic amines is 1. The maximum absolute atomic E-state index is 13.1. The minimum absolute atomic E-state index is 0.173. The molecule has 0 saturated carbocycles. The van der Waals surface area contributed by atoms with Crippen LogP contribution >= 0.6 is 0 Å². The normalized spacial score (nSPS) is 14.1. The molecule has 0 unspecified atom stereocenters. The first-order chi connectivity index (χ1) is 13.5. The van der Waals surface area contributed by atoms with E-state index in [1.165, 1.54) is 15.7 Å². The molecule has 4 rings (SSSR count). The van der Waals surface area contributed by atoms with Crippen molar-refractivity contribution in [3.05, 3.63) is 103 Å². The van der Waals surface area contributed by atoms with Crippen molar-refractivity contribution in [2.75, 3.05) is 6.54 Å². The van der Waals surface area contributed by atoms with Crippen LogP contribution in [0.4, 0.5) is 0 Å². The number of nitrogens with one attached hydrogen (secondary N) is 1. The summed E-state index contributed by atoms with van der Waals surface area (Å²) in [5, 5.41) is 0. The largest absolute Gasteiger partial charge is 0.328 e. The van der Waals surface area contributed by atoms with E-state index in [0.717, 1.165) is 29.9 Å². The van der Waals surface area contributed by atoms with E-state index < -0.39 is 0 Å². The molecule has 2 aromatic carbocycles. The van der Waals surface area contributed by atoms with Gasteiger partial charge in [-0.1, -0.05) is 59.7 Å². The van der Waals surface area contributed by atoms with Crippen LogP contribution in [0.25, 0.3) is 0 Å². The van der Waals surface area contributed by atoms with E-state index >= 15 is 0 Å². The van der Waals surface area contributed by atoms with Gasteiger partial charge in [-0.15, -0.1) is 0 Å². The molecule has 0 saturated heterocycles. The van der Waals surface area contributed by atoms with Crippen LogP contribution in [-0.4, -0.2) is 21.0 Å². The molecule has 5 heteroatoms. The number of hydrogen-bond donors (Lipinski definition) is 1. The van der Waals surface area contributed by atoms with Gasteiger partial charge in [-0.25, -0.2) is 4.79 Å². The fourth-order valence-corrected chi connectivity index (χ4v) is 3.71. The maximum atomic E-state index is 13.1. The Kier molecular flexibility index (Phi) is 5.01. The zero-order valence-electron chi connectivity index (χ0n) is 16.4. The van der Waals surface area contributed by atoms with Crippen molar-refractivity contribution < 1.29 is 0 Å². The lowest BCUT2D eigenvalue weighted by molar-refractivity contribution is 0.240. The van der Waals surface area contributed by atoms with E-state index in [1.54, 1.807) is 0 Å². The third kappa shape index (κ3) is 3.85. The fraction of sp³-hybridized carbons (Fsp3) is 0.304. The summed E-state index contributed by atoms with van der Waals surface area (Å²) >= 11 is 0. The van der Waals surface area contributed by atoms with Crippen LogP contribution < -0.4 is 11.2 Å². The van der Waals surface area contributed by atoms with E-state index in [2.05, 4.69) is 41.1 Å². The summed E-state index contributed by atoms with van der Waals surface area (Å²) in [6.07, 6.45) is 0.692. The molecular weight excluding hydrogens is 350 g/mol. The molecule has 1 N–H and O–H groups in total. The van der Waals surface area contributed by atoms with E-state index in [9.17, 15) is 9.59 Å². The first-order valence-electron chi connectivity index (χ1n) is 9.68. The maximum Gasteiger partial charge on any atom is 0.328 e. The average Bonchev–Trinajstić information content (AvgIpc) is 2.69. The Hall–Kier alpha value is -2.92. The summed E-state index contributed by atoms with van der Waals surface area (Å²) in [7, 11) is 0. The third-order valence-electron chi connectivity index (χ3n) is 5.42. The predicted octanol–water partition coefficient (Wildman–Crippen LogP) is 2.76. The van der Waals surface area contributed by atoms with E-state index in [1.807, 2.05) is 31.2 Å². The Morgan fingerprint density at radius 1 is 0.857 bits per heavy atom. The molecule has 3 aromatic rings. The van der Waals surface area contributed by atoms with Crippen molar-refractivity contribution in [3.8, 4) is 0 Å². The Labute approximate surface area is 164 Å². The highest BCUT2D eigenvalue weighted by Crippen LogP contribution is 2.16. The van der Waals surface area contributed by atoms with Gasteiger partial charge in [0.05, 0.1) is 12.1 Å². The Balaban J connectivity index is 1.59. The second kappa shape index (κ2) is 7.60. The molecular formula is C23H25N3O2. The number of nitrogens with zero attached hydrogens (tertiary/aromatic N) is 2. The molecule has 0 bridgehead atoms. The molecule has 1 aliphatic heterocycles. The molecule has 1 aromatic heterocycles. The molecule has 144 valence electrons. The van der Waals surface area contributed by atoms with Crippen LogP contribution in [0.15, 0.2) is 58.1 Å². The topological polar surface area (TPSA) is 58.1 Å². The SMILES string of the molecule is Cc1ccc(CN2CCc3[nH]c(=O)n(Cc4ccc(C)cc4)c(=O)c3C2)cc1. The first kappa shape index (κ1) is 18.4. The second-order valence-corrected chi connectivity index (χ2v) is 7.71. The highest BCUT2D eigenvalue weighted by molar-refractivity contribution is 5.25. The standard InChI is InChI=1S/C23H25N3O2/c1-16-3-7-18(8-4-16)13-25-12-11-21-20(15-25)22(27)26(23(28)24-21)14-19-9-5-17(2)6-10-19/h3-10H,11-15H2,1-2H3,(H,24,28). The predicted molar refractivity (Wildman–Crippen MR) is 111 cm³/mol. The molecule has 0 radical (unpaired) electrons. The lowest BCUT2D eigenvalue weighted by Gasteiger charge is -2.28. The monoisotopic (exact) mass is 375 g/mol. The zero-order chi connectivity index (χ0) is 19.7. The summed E-state index contributed by atoms with van der Waals surface area (Å²) in [6, 6.07) is 16.4. The van der Waals surface area contributed by atoms with Gasteiger partial charge in [-0.2, -0.15) is 0 Å². The summed E-state index contributed by atoms with van der Waals surface area (Å²) in [4.78, 5) is 30.8. The average molecular weight is 375 g/mol. The van der Waals surface area contributed by atoms with Gasteiger partial charge in [-0.3, -0.25) is 14.3 Å². The van der Waals surface area contributed by atoms with Gasteiger partial charge < -0.3 is 4.98 Å². The van der Waals surface area contributed by atoms with Crippen molar-refractivity contribution in [1.29, 1.82) is 0 Å². The number of rotatable bonds is 4. The van der Waals surface area contributed by atoms with Crippen LogP contribution in [0.5, 0.6) is 0 Å². The van der Waals surface area contributed by atoms with Gasteiger partial charge in [0.1, 0.15) is 0 Å². The second-order valence-electron chi connectivity index (χ2n) is 7.71. The smallest absolute Gasteiger partial charge is 0.311 e. The third-order valence-corrected chi connectivity index (χ3v) is 5.42. The molecule has 0 spiro atoms. The van der Waals surface area contributed by atoms with Crippen molar-refractivity contribution in [2.45, 2.75) is 39.9 Å². The van der Waals surface area contributed by atoms with Crippen LogP contribution in [0.3, 0.4) is 0 Å². The zero-order valence-corrected chi connectivity index (χ0v) is 16.4. The Morgan fingerprint density at radius 2 is 1.43 bits per heavy atom. The van der Waals surface area contributed by atoms with Crippen LogP contribution in [0.1, 0.15) is 33.5 Å². The molecule has 0 amide bonds. The van der Waals surface area contributed by atoms with Crippen molar-refractivity contribution >= 4 is 0 Å². The van der Waals surface area contributed by atoms with Gasteiger partial charge >= 0.3 is 5.69 Å². The number of aryl methyl sites for hydroxylation is 2.